The molecule has 0 aromatic carbocycles. The lowest BCUT2D eigenvalue weighted by atomic mass is 10.0. The Bertz CT molecular complexity index is 282. The molecule has 2 rings (SSSR count). The number of hydrogen-bond donors (Lipinski definition) is 2. The van der Waals surface area contributed by atoms with E-state index in [-0.39, 0.29) is 0 Å². The summed E-state index contributed by atoms with van der Waals surface area (Å²) in [5.74, 6) is 0. The molecule has 1 saturated heterocycles. The Balaban J connectivity index is 2.18. The Kier molecular flexibility index (Phi) is 2.40. The van der Waals surface area contributed by atoms with Crippen LogP contribution in [-0.2, 0) is 0 Å². The molecule has 2 N–H and O–H groups in total. The molecule has 72 valence electrons. The van der Waals surface area contributed by atoms with Gasteiger partial charge in [-0.15, -0.1) is 0 Å². The molecule has 1 atom stereocenters. The predicted octanol–water partition coefficient (Wildman–Crippen LogP) is 2.45. The first-order valence-electron chi connectivity index (χ1n) is 5.17. The molecule has 2 nitrogen and oxygen atoms in total. The zero-order valence-corrected chi connectivity index (χ0v) is 8.48. The minimum Gasteiger partial charge on any atom is -0.361 e. The lowest BCUT2D eigenvalue weighted by Crippen LogP contribution is -2.27. The first-order valence-corrected chi connectivity index (χ1v) is 5.17. The van der Waals surface area contributed by atoms with Gasteiger partial charge in [0.1, 0.15) is 0 Å². The highest BCUT2D eigenvalue weighted by molar-refractivity contribution is 5.26. The summed E-state index contributed by atoms with van der Waals surface area (Å²) in [6, 6.07) is 2.80. The summed E-state index contributed by atoms with van der Waals surface area (Å²) in [7, 11) is 0. The van der Waals surface area contributed by atoms with E-state index in [1.54, 1.807) is 0 Å². The molecule has 13 heavy (non-hydrogen) atoms. The smallest absolute Gasteiger partial charge is 0.0475 e. The second-order valence-electron chi connectivity index (χ2n) is 4.05. The van der Waals surface area contributed by atoms with E-state index >= 15 is 0 Å². The van der Waals surface area contributed by atoms with Gasteiger partial charge in [0.25, 0.3) is 0 Å². The molecule has 0 radical (unpaired) electrons. The SMILES string of the molecule is Cc1cc(C)c([C@@H]2CCCCN2)[nH]1. The molecule has 0 amide bonds. The number of hydrogen-bond acceptors (Lipinski definition) is 1. The Hall–Kier alpha value is -0.760. The normalized spacial score (nSPS) is 23.4. The number of aromatic amines is 1. The molecule has 1 aromatic rings. The van der Waals surface area contributed by atoms with Gasteiger partial charge < -0.3 is 10.3 Å². The van der Waals surface area contributed by atoms with Gasteiger partial charge in [0.15, 0.2) is 0 Å². The topological polar surface area (TPSA) is 27.8 Å². The summed E-state index contributed by atoms with van der Waals surface area (Å²) in [4.78, 5) is 3.45. The maximum Gasteiger partial charge on any atom is 0.0475 e. The van der Waals surface area contributed by atoms with Gasteiger partial charge in [-0.1, -0.05) is 6.42 Å². The largest absolute Gasteiger partial charge is 0.361 e. The van der Waals surface area contributed by atoms with E-state index in [0.717, 1.165) is 0 Å². The van der Waals surface area contributed by atoms with Gasteiger partial charge in [0, 0.05) is 17.4 Å². The molecule has 0 unspecified atom stereocenters. The Morgan fingerprint density at radius 2 is 2.15 bits per heavy atom. The van der Waals surface area contributed by atoms with E-state index < -0.39 is 0 Å². The summed E-state index contributed by atoms with van der Waals surface area (Å²) >= 11 is 0. The molecular formula is C11H18N2. The highest BCUT2D eigenvalue weighted by Gasteiger charge is 2.17. The fourth-order valence-corrected chi connectivity index (χ4v) is 2.21. The number of aromatic nitrogens is 1. The molecule has 0 bridgehead atoms. The van der Waals surface area contributed by atoms with Crippen LogP contribution in [-0.4, -0.2) is 11.5 Å². The zero-order chi connectivity index (χ0) is 9.26. The van der Waals surface area contributed by atoms with Crippen LogP contribution >= 0.6 is 0 Å². The van der Waals surface area contributed by atoms with E-state index in [1.807, 2.05) is 0 Å². The summed E-state index contributed by atoms with van der Waals surface area (Å²) < 4.78 is 0. The van der Waals surface area contributed by atoms with Crippen LogP contribution in [0.15, 0.2) is 6.07 Å². The average molecular weight is 178 g/mol. The summed E-state index contributed by atoms with van der Waals surface area (Å²) in [6.45, 7) is 5.48. The lowest BCUT2D eigenvalue weighted by molar-refractivity contribution is 0.405. The van der Waals surface area contributed by atoms with E-state index in [9.17, 15) is 0 Å². The molecule has 1 aliphatic rings. The van der Waals surface area contributed by atoms with Crippen molar-refractivity contribution in [1.82, 2.24) is 10.3 Å². The van der Waals surface area contributed by atoms with E-state index in [4.69, 9.17) is 0 Å². The first-order chi connectivity index (χ1) is 6.27. The van der Waals surface area contributed by atoms with Gasteiger partial charge in [0.2, 0.25) is 0 Å². The van der Waals surface area contributed by atoms with Crippen LogP contribution in [0.4, 0.5) is 0 Å². The highest BCUT2D eigenvalue weighted by Crippen LogP contribution is 2.24. The predicted molar refractivity (Wildman–Crippen MR) is 54.9 cm³/mol. The minimum atomic E-state index is 0.572. The van der Waals surface area contributed by atoms with Crippen LogP contribution in [0.25, 0.3) is 0 Å². The second-order valence-corrected chi connectivity index (χ2v) is 4.05. The fourth-order valence-electron chi connectivity index (χ4n) is 2.21. The van der Waals surface area contributed by atoms with Gasteiger partial charge in [-0.25, -0.2) is 0 Å². The third-order valence-corrected chi connectivity index (χ3v) is 2.85. The molecule has 1 aliphatic heterocycles. The number of nitrogens with one attached hydrogen (secondary N) is 2. The van der Waals surface area contributed by atoms with Crippen LogP contribution in [0.1, 0.15) is 42.3 Å². The first kappa shape index (κ1) is 8.82. The second kappa shape index (κ2) is 3.54. The Morgan fingerprint density at radius 3 is 2.69 bits per heavy atom. The molecular weight excluding hydrogens is 160 g/mol. The lowest BCUT2D eigenvalue weighted by Gasteiger charge is -2.23. The molecule has 1 fully saturated rings. The van der Waals surface area contributed by atoms with Crippen molar-refractivity contribution in [2.75, 3.05) is 6.54 Å². The number of aryl methyl sites for hydroxylation is 2. The van der Waals surface area contributed by atoms with Crippen LogP contribution < -0.4 is 5.32 Å². The van der Waals surface area contributed by atoms with E-state index in [1.165, 1.54) is 42.8 Å². The van der Waals surface area contributed by atoms with Gasteiger partial charge in [0.05, 0.1) is 0 Å². The van der Waals surface area contributed by atoms with Crippen molar-refractivity contribution in [3.8, 4) is 0 Å². The standard InChI is InChI=1S/C11H18N2/c1-8-7-9(2)13-11(8)10-5-3-4-6-12-10/h7,10,12-13H,3-6H2,1-2H3/t10-/m0/s1. The maximum absolute atomic E-state index is 3.56. The van der Waals surface area contributed by atoms with Crippen molar-refractivity contribution in [2.24, 2.45) is 0 Å². The summed E-state index contributed by atoms with van der Waals surface area (Å²) in [5.41, 5.74) is 4.08. The summed E-state index contributed by atoms with van der Waals surface area (Å²) in [6.07, 6.45) is 3.96. The van der Waals surface area contributed by atoms with Crippen molar-refractivity contribution < 1.29 is 0 Å². The molecule has 0 spiro atoms. The van der Waals surface area contributed by atoms with Crippen LogP contribution in [0.3, 0.4) is 0 Å². The fraction of sp³-hybridized carbons (Fsp3) is 0.636. The maximum atomic E-state index is 3.56. The van der Waals surface area contributed by atoms with Gasteiger partial charge in [-0.05, 0) is 44.9 Å². The van der Waals surface area contributed by atoms with E-state index in [0.29, 0.717) is 6.04 Å². The molecule has 0 aliphatic carbocycles. The van der Waals surface area contributed by atoms with Crippen LogP contribution in [0.2, 0.25) is 0 Å². The Morgan fingerprint density at radius 1 is 1.31 bits per heavy atom. The van der Waals surface area contributed by atoms with Crippen molar-refractivity contribution in [3.63, 3.8) is 0 Å². The van der Waals surface area contributed by atoms with Crippen LogP contribution in [0, 0.1) is 13.8 Å². The number of rotatable bonds is 1. The monoisotopic (exact) mass is 178 g/mol. The minimum absolute atomic E-state index is 0.572. The van der Waals surface area contributed by atoms with Crippen molar-refractivity contribution in [1.29, 1.82) is 0 Å². The zero-order valence-electron chi connectivity index (χ0n) is 8.48. The highest BCUT2D eigenvalue weighted by atomic mass is 15.0. The van der Waals surface area contributed by atoms with Gasteiger partial charge in [-0.2, -0.15) is 0 Å². The van der Waals surface area contributed by atoms with Gasteiger partial charge in [-0.3, -0.25) is 0 Å². The summed E-state index contributed by atoms with van der Waals surface area (Å²) in [5, 5.41) is 3.56. The van der Waals surface area contributed by atoms with Crippen molar-refractivity contribution in [2.45, 2.75) is 39.2 Å². The van der Waals surface area contributed by atoms with Crippen LogP contribution in [0.5, 0.6) is 0 Å². The number of piperidine rings is 1. The molecule has 2 heteroatoms. The molecule has 2 heterocycles. The quantitative estimate of drug-likeness (QED) is 0.679. The molecule has 0 saturated carbocycles. The van der Waals surface area contributed by atoms with Crippen molar-refractivity contribution >= 4 is 0 Å². The average Bonchev–Trinajstić information content (AvgIpc) is 2.47. The Labute approximate surface area is 79.7 Å². The third-order valence-electron chi connectivity index (χ3n) is 2.85. The van der Waals surface area contributed by atoms with E-state index in [2.05, 4.69) is 30.2 Å². The van der Waals surface area contributed by atoms with Gasteiger partial charge >= 0.3 is 0 Å². The number of H-pyrrole nitrogens is 1. The molecule has 1 aromatic heterocycles. The third kappa shape index (κ3) is 1.78. The van der Waals surface area contributed by atoms with Crippen molar-refractivity contribution in [3.05, 3.63) is 23.0 Å².